The highest BCUT2D eigenvalue weighted by atomic mass is 32.1. The van der Waals surface area contributed by atoms with E-state index in [-0.39, 0.29) is 5.56 Å². The van der Waals surface area contributed by atoms with Crippen LogP contribution < -0.4 is 4.74 Å². The van der Waals surface area contributed by atoms with Gasteiger partial charge in [0.05, 0.1) is 10.9 Å². The summed E-state index contributed by atoms with van der Waals surface area (Å²) in [5.41, 5.74) is 0.219. The molecule has 0 amide bonds. The minimum atomic E-state index is -0.963. The number of aromatic nitrogens is 2. The van der Waals surface area contributed by atoms with Crippen LogP contribution in [-0.2, 0) is 0 Å². The molecule has 0 saturated heterocycles. The van der Waals surface area contributed by atoms with Crippen LogP contribution in [0, 0.1) is 6.92 Å². The van der Waals surface area contributed by atoms with Gasteiger partial charge in [-0.2, -0.15) is 0 Å². The van der Waals surface area contributed by atoms with Gasteiger partial charge in [0, 0.05) is 4.88 Å². The molecule has 2 heterocycles. The zero-order chi connectivity index (χ0) is 14.1. The van der Waals surface area contributed by atoms with Crippen molar-refractivity contribution in [2.75, 3.05) is 0 Å². The summed E-state index contributed by atoms with van der Waals surface area (Å²) in [6, 6.07) is 8.18. The van der Waals surface area contributed by atoms with E-state index in [2.05, 4.69) is 9.97 Å². The van der Waals surface area contributed by atoms with Crippen LogP contribution in [0.1, 0.15) is 15.2 Å². The maximum absolute atomic E-state index is 10.8. The molecule has 0 fully saturated rings. The maximum Gasteiger partial charge on any atom is 0.335 e. The lowest BCUT2D eigenvalue weighted by molar-refractivity contribution is 0.0697. The van der Waals surface area contributed by atoms with Gasteiger partial charge in [-0.05, 0) is 37.3 Å². The molecular weight excluding hydrogens is 276 g/mol. The molecule has 20 heavy (non-hydrogen) atoms. The largest absolute Gasteiger partial charge is 0.478 e. The number of aryl methyl sites for hydroxylation is 1. The topological polar surface area (TPSA) is 72.3 Å². The van der Waals surface area contributed by atoms with Gasteiger partial charge < -0.3 is 9.84 Å². The fraction of sp³-hybridized carbons (Fsp3) is 0.0714. The number of aromatic carboxylic acids is 1. The number of rotatable bonds is 3. The lowest BCUT2D eigenvalue weighted by atomic mass is 10.2. The van der Waals surface area contributed by atoms with E-state index in [0.717, 1.165) is 15.1 Å². The number of fused-ring (bicyclic) bond motifs is 1. The summed E-state index contributed by atoms with van der Waals surface area (Å²) in [7, 11) is 0. The molecule has 2 aromatic heterocycles. The number of hydrogen-bond acceptors (Lipinski definition) is 5. The van der Waals surface area contributed by atoms with E-state index in [9.17, 15) is 4.79 Å². The maximum atomic E-state index is 10.8. The third-order valence-corrected chi connectivity index (χ3v) is 3.69. The third-order valence-electron chi connectivity index (χ3n) is 2.73. The summed E-state index contributed by atoms with van der Waals surface area (Å²) in [6.45, 7) is 2.00. The fourth-order valence-corrected chi connectivity index (χ4v) is 2.65. The van der Waals surface area contributed by atoms with Crippen molar-refractivity contribution in [3.63, 3.8) is 0 Å². The molecule has 1 N–H and O–H groups in total. The Labute approximate surface area is 118 Å². The molecule has 100 valence electrons. The predicted octanol–water partition coefficient (Wildman–Crippen LogP) is 3.49. The van der Waals surface area contributed by atoms with Gasteiger partial charge >= 0.3 is 5.97 Å². The fourth-order valence-electron chi connectivity index (χ4n) is 1.81. The summed E-state index contributed by atoms with van der Waals surface area (Å²) in [4.78, 5) is 21.1. The van der Waals surface area contributed by atoms with E-state index in [0.29, 0.717) is 11.6 Å². The second kappa shape index (κ2) is 4.90. The van der Waals surface area contributed by atoms with Crippen molar-refractivity contribution in [2.45, 2.75) is 6.92 Å². The Bertz CT molecular complexity index is 781. The summed E-state index contributed by atoms with van der Waals surface area (Å²) in [6.07, 6.45) is 1.46. The summed E-state index contributed by atoms with van der Waals surface area (Å²) < 4.78 is 5.70. The van der Waals surface area contributed by atoms with Gasteiger partial charge in [0.1, 0.15) is 16.9 Å². The van der Waals surface area contributed by atoms with Crippen LogP contribution in [0.5, 0.6) is 11.6 Å². The Morgan fingerprint density at radius 3 is 2.70 bits per heavy atom. The first-order valence-electron chi connectivity index (χ1n) is 5.86. The second-order valence-electron chi connectivity index (χ2n) is 4.19. The van der Waals surface area contributed by atoms with Gasteiger partial charge in [0.25, 0.3) is 0 Å². The molecule has 0 bridgehead atoms. The van der Waals surface area contributed by atoms with E-state index in [4.69, 9.17) is 9.84 Å². The number of carboxylic acids is 1. The van der Waals surface area contributed by atoms with Crippen molar-refractivity contribution >= 4 is 27.5 Å². The summed E-state index contributed by atoms with van der Waals surface area (Å²) >= 11 is 1.57. The van der Waals surface area contributed by atoms with Crippen LogP contribution in [0.3, 0.4) is 0 Å². The highest BCUT2D eigenvalue weighted by molar-refractivity contribution is 7.18. The van der Waals surface area contributed by atoms with Crippen LogP contribution >= 0.6 is 11.3 Å². The smallest absolute Gasteiger partial charge is 0.335 e. The van der Waals surface area contributed by atoms with Crippen LogP contribution in [0.4, 0.5) is 0 Å². The molecule has 3 aromatic rings. The van der Waals surface area contributed by atoms with Gasteiger partial charge in [-0.1, -0.05) is 0 Å². The summed E-state index contributed by atoms with van der Waals surface area (Å²) in [5, 5.41) is 9.71. The number of thiophene rings is 1. The van der Waals surface area contributed by atoms with Crippen molar-refractivity contribution in [1.29, 1.82) is 0 Å². The molecule has 0 spiro atoms. The van der Waals surface area contributed by atoms with Crippen molar-refractivity contribution in [1.82, 2.24) is 9.97 Å². The van der Waals surface area contributed by atoms with Gasteiger partial charge in [-0.25, -0.2) is 14.8 Å². The Hall–Kier alpha value is -2.47. The molecule has 5 nitrogen and oxygen atoms in total. The number of carboxylic acid groups (broad SMARTS) is 1. The third kappa shape index (κ3) is 2.33. The first-order chi connectivity index (χ1) is 9.63. The van der Waals surface area contributed by atoms with E-state index in [1.54, 1.807) is 23.5 Å². The van der Waals surface area contributed by atoms with Crippen molar-refractivity contribution in [3.05, 3.63) is 47.1 Å². The van der Waals surface area contributed by atoms with Crippen LogP contribution in [0.25, 0.3) is 10.2 Å². The highest BCUT2D eigenvalue weighted by Gasteiger charge is 2.09. The molecule has 0 atom stereocenters. The number of nitrogens with zero attached hydrogens (tertiary/aromatic N) is 2. The average Bonchev–Trinajstić information content (AvgIpc) is 2.81. The zero-order valence-corrected chi connectivity index (χ0v) is 11.3. The molecule has 0 radical (unpaired) electrons. The first-order valence-corrected chi connectivity index (χ1v) is 6.67. The van der Waals surface area contributed by atoms with E-state index in [1.165, 1.54) is 18.5 Å². The monoisotopic (exact) mass is 286 g/mol. The SMILES string of the molecule is Cc1cc2c(Oc3ccc(C(=O)O)cc3)ncnc2s1. The standard InChI is InChI=1S/C14H10N2O3S/c1-8-6-11-12(15-7-16-13(11)20-8)19-10-4-2-9(3-5-10)14(17)18/h2-7H,1H3,(H,17,18). The van der Waals surface area contributed by atoms with Crippen molar-refractivity contribution < 1.29 is 14.6 Å². The average molecular weight is 286 g/mol. The van der Waals surface area contributed by atoms with Crippen LogP contribution in [0.2, 0.25) is 0 Å². The normalized spacial score (nSPS) is 10.7. The minimum Gasteiger partial charge on any atom is -0.478 e. The Balaban J connectivity index is 1.94. The Morgan fingerprint density at radius 2 is 2.00 bits per heavy atom. The molecule has 1 aromatic carbocycles. The first kappa shape index (κ1) is 12.6. The van der Waals surface area contributed by atoms with Crippen LogP contribution in [-0.4, -0.2) is 21.0 Å². The molecular formula is C14H10N2O3S. The zero-order valence-electron chi connectivity index (χ0n) is 10.5. The molecule has 0 aliphatic heterocycles. The quantitative estimate of drug-likeness (QED) is 0.798. The minimum absolute atomic E-state index is 0.219. The van der Waals surface area contributed by atoms with Crippen LogP contribution in [0.15, 0.2) is 36.7 Å². The van der Waals surface area contributed by atoms with E-state index in [1.807, 2.05) is 13.0 Å². The lowest BCUT2D eigenvalue weighted by Crippen LogP contribution is -1.95. The number of ether oxygens (including phenoxy) is 1. The van der Waals surface area contributed by atoms with E-state index < -0.39 is 5.97 Å². The summed E-state index contributed by atoms with van der Waals surface area (Å²) in [5.74, 6) is 0.0516. The second-order valence-corrected chi connectivity index (χ2v) is 5.42. The lowest BCUT2D eigenvalue weighted by Gasteiger charge is -2.05. The van der Waals surface area contributed by atoms with Crippen molar-refractivity contribution in [3.8, 4) is 11.6 Å². The van der Waals surface area contributed by atoms with Gasteiger partial charge in [0.2, 0.25) is 5.88 Å². The molecule has 0 aliphatic carbocycles. The molecule has 0 aliphatic rings. The number of hydrogen-bond donors (Lipinski definition) is 1. The highest BCUT2D eigenvalue weighted by Crippen LogP contribution is 2.31. The predicted molar refractivity (Wildman–Crippen MR) is 75.6 cm³/mol. The van der Waals surface area contributed by atoms with Gasteiger partial charge in [-0.15, -0.1) is 11.3 Å². The molecule has 3 rings (SSSR count). The Kier molecular flexibility index (Phi) is 3.08. The molecule has 0 saturated carbocycles. The molecule has 6 heteroatoms. The van der Waals surface area contributed by atoms with Crippen molar-refractivity contribution in [2.24, 2.45) is 0 Å². The number of benzene rings is 1. The molecule has 0 unspecified atom stereocenters. The van der Waals surface area contributed by atoms with Gasteiger partial charge in [0.15, 0.2) is 0 Å². The van der Waals surface area contributed by atoms with E-state index >= 15 is 0 Å². The Morgan fingerprint density at radius 1 is 1.25 bits per heavy atom. The van der Waals surface area contributed by atoms with Gasteiger partial charge in [-0.3, -0.25) is 0 Å². The number of carbonyl (C=O) groups is 1.